The first-order valence-corrected chi connectivity index (χ1v) is 8.43. The van der Waals surface area contributed by atoms with Crippen molar-refractivity contribution in [3.63, 3.8) is 0 Å². The number of nitrogens with two attached hydrogens (primary N) is 1. The van der Waals surface area contributed by atoms with E-state index in [-0.39, 0.29) is 24.0 Å². The van der Waals surface area contributed by atoms with E-state index < -0.39 is 17.6 Å². The molecule has 2 heterocycles. The average Bonchev–Trinajstić information content (AvgIpc) is 3.08. The monoisotopic (exact) mass is 380 g/mol. The van der Waals surface area contributed by atoms with Crippen molar-refractivity contribution < 1.29 is 22.7 Å². The molecule has 1 aromatic heterocycles. The molecule has 1 saturated heterocycles. The Morgan fingerprint density at radius 1 is 1.33 bits per heavy atom. The number of ether oxygens (including phenoxy) is 1. The second-order valence-electron chi connectivity index (χ2n) is 6.46. The van der Waals surface area contributed by atoms with E-state index in [1.807, 2.05) is 4.90 Å². The van der Waals surface area contributed by atoms with Crippen molar-refractivity contribution in [1.82, 2.24) is 9.97 Å². The van der Waals surface area contributed by atoms with Crippen molar-refractivity contribution >= 4 is 11.9 Å². The predicted molar refractivity (Wildman–Crippen MR) is 92.5 cm³/mol. The number of anilines is 1. The number of aromatic nitrogens is 2. The normalized spacial score (nSPS) is 17.2. The zero-order chi connectivity index (χ0) is 19.6. The number of carbonyl (C=O) groups is 1. The van der Waals surface area contributed by atoms with E-state index in [9.17, 15) is 18.0 Å². The molecule has 1 atom stereocenters. The predicted octanol–water partition coefficient (Wildman–Crippen LogP) is 2.81. The summed E-state index contributed by atoms with van der Waals surface area (Å²) >= 11 is 0. The van der Waals surface area contributed by atoms with Gasteiger partial charge in [0.1, 0.15) is 11.4 Å². The fourth-order valence-electron chi connectivity index (χ4n) is 3.01. The first-order valence-electron chi connectivity index (χ1n) is 8.43. The van der Waals surface area contributed by atoms with Crippen molar-refractivity contribution in [2.75, 3.05) is 24.6 Å². The fourth-order valence-corrected chi connectivity index (χ4v) is 3.01. The summed E-state index contributed by atoms with van der Waals surface area (Å²) in [5.41, 5.74) is 5.25. The van der Waals surface area contributed by atoms with Crippen LogP contribution in [0.15, 0.2) is 30.3 Å². The van der Waals surface area contributed by atoms with Gasteiger partial charge in [-0.3, -0.25) is 4.79 Å². The highest BCUT2D eigenvalue weighted by Crippen LogP contribution is 2.36. The van der Waals surface area contributed by atoms with Crippen LogP contribution in [0.3, 0.4) is 0 Å². The second kappa shape index (κ2) is 7.42. The summed E-state index contributed by atoms with van der Waals surface area (Å²) in [6.07, 6.45) is -3.74. The van der Waals surface area contributed by atoms with Crippen LogP contribution in [0.2, 0.25) is 0 Å². The van der Waals surface area contributed by atoms with Crippen molar-refractivity contribution in [3.05, 3.63) is 47.3 Å². The lowest BCUT2D eigenvalue weighted by atomic mass is 10.1. The van der Waals surface area contributed by atoms with Crippen molar-refractivity contribution in [2.24, 2.45) is 11.7 Å². The van der Waals surface area contributed by atoms with Crippen LogP contribution in [-0.4, -0.2) is 35.6 Å². The summed E-state index contributed by atoms with van der Waals surface area (Å²) in [7, 11) is 0. The molecule has 0 unspecified atom stereocenters. The van der Waals surface area contributed by atoms with Crippen LogP contribution in [-0.2, 0) is 6.18 Å². The smallest absolute Gasteiger partial charge is 0.419 e. The number of nitrogens with zero attached hydrogens (tertiary/aromatic N) is 3. The Labute approximate surface area is 154 Å². The average molecular weight is 380 g/mol. The summed E-state index contributed by atoms with van der Waals surface area (Å²) in [6, 6.07) is 6.67. The zero-order valence-corrected chi connectivity index (χ0v) is 14.7. The Morgan fingerprint density at radius 3 is 2.78 bits per heavy atom. The van der Waals surface area contributed by atoms with Crippen LogP contribution in [0.4, 0.5) is 19.1 Å². The van der Waals surface area contributed by atoms with Crippen LogP contribution < -0.4 is 15.4 Å². The number of halogens is 3. The van der Waals surface area contributed by atoms with Gasteiger partial charge >= 0.3 is 6.18 Å². The number of primary amides is 1. The third-order valence-electron chi connectivity index (χ3n) is 4.33. The topological polar surface area (TPSA) is 81.3 Å². The van der Waals surface area contributed by atoms with Crippen molar-refractivity contribution in [1.29, 1.82) is 0 Å². The number of hydrogen-bond donors (Lipinski definition) is 1. The molecule has 27 heavy (non-hydrogen) atoms. The maximum absolute atomic E-state index is 13.0. The molecule has 0 bridgehead atoms. The number of aryl methyl sites for hydroxylation is 1. The first-order chi connectivity index (χ1) is 12.7. The van der Waals surface area contributed by atoms with Crippen molar-refractivity contribution in [3.8, 4) is 5.75 Å². The van der Waals surface area contributed by atoms with E-state index in [0.29, 0.717) is 24.7 Å². The van der Waals surface area contributed by atoms with Crippen LogP contribution in [0, 0.1) is 12.8 Å². The highest BCUT2D eigenvalue weighted by atomic mass is 19.4. The quantitative estimate of drug-likeness (QED) is 0.863. The molecular formula is C18H19F3N4O2. The molecule has 0 aliphatic carbocycles. The zero-order valence-electron chi connectivity index (χ0n) is 14.7. The number of rotatable bonds is 5. The standard InChI is InChI=1S/C18H19F3N4O2/c1-11-8-14(16(22)26)24-17(23-11)25-7-6-12(9-25)10-27-15-5-3-2-4-13(15)18(19,20)21/h2-5,8,12H,6-7,9-10H2,1H3,(H2,22,26)/t12-/m1/s1. The van der Waals surface area contributed by atoms with Crippen molar-refractivity contribution in [2.45, 2.75) is 19.5 Å². The largest absolute Gasteiger partial charge is 0.493 e. The lowest BCUT2D eigenvalue weighted by Gasteiger charge is -2.18. The van der Waals surface area contributed by atoms with Crippen LogP contribution >= 0.6 is 0 Å². The third kappa shape index (κ3) is 4.47. The van der Waals surface area contributed by atoms with Gasteiger partial charge in [0.05, 0.1) is 12.2 Å². The number of para-hydroxylation sites is 1. The van der Waals surface area contributed by atoms with Gasteiger partial charge in [-0.15, -0.1) is 0 Å². The van der Waals surface area contributed by atoms with Gasteiger partial charge in [0.25, 0.3) is 5.91 Å². The Hall–Kier alpha value is -2.84. The van der Waals surface area contributed by atoms with Gasteiger partial charge in [-0.05, 0) is 31.5 Å². The minimum atomic E-state index is -4.46. The minimum Gasteiger partial charge on any atom is -0.493 e. The van der Waals surface area contributed by atoms with Crippen LogP contribution in [0.25, 0.3) is 0 Å². The number of carbonyl (C=O) groups excluding carboxylic acids is 1. The molecule has 1 fully saturated rings. The molecule has 3 rings (SSSR count). The summed E-state index contributed by atoms with van der Waals surface area (Å²) < 4.78 is 44.5. The van der Waals surface area contributed by atoms with E-state index in [4.69, 9.17) is 10.5 Å². The van der Waals surface area contributed by atoms with E-state index in [2.05, 4.69) is 9.97 Å². The Kier molecular flexibility index (Phi) is 5.20. The molecule has 0 saturated carbocycles. The first kappa shape index (κ1) is 18.9. The molecular weight excluding hydrogens is 361 g/mol. The molecule has 6 nitrogen and oxygen atoms in total. The molecule has 144 valence electrons. The highest BCUT2D eigenvalue weighted by molar-refractivity contribution is 5.91. The summed E-state index contributed by atoms with van der Waals surface area (Å²) in [5, 5.41) is 0. The molecule has 0 radical (unpaired) electrons. The van der Waals surface area contributed by atoms with Gasteiger partial charge in [0, 0.05) is 24.7 Å². The number of hydrogen-bond acceptors (Lipinski definition) is 5. The number of alkyl halides is 3. The summed E-state index contributed by atoms with van der Waals surface area (Å²) in [6.45, 7) is 3.03. The lowest BCUT2D eigenvalue weighted by Crippen LogP contribution is -2.25. The molecule has 0 spiro atoms. The third-order valence-corrected chi connectivity index (χ3v) is 4.33. The van der Waals surface area contributed by atoms with Gasteiger partial charge in [0.2, 0.25) is 5.95 Å². The molecule has 1 aromatic carbocycles. The van der Waals surface area contributed by atoms with E-state index in [1.54, 1.807) is 6.92 Å². The summed E-state index contributed by atoms with van der Waals surface area (Å²) in [5.74, 6) is -0.398. The van der Waals surface area contributed by atoms with E-state index in [1.165, 1.54) is 24.3 Å². The number of benzene rings is 1. The van der Waals surface area contributed by atoms with Gasteiger partial charge < -0.3 is 15.4 Å². The maximum atomic E-state index is 13.0. The van der Waals surface area contributed by atoms with Gasteiger partial charge in [-0.1, -0.05) is 12.1 Å². The Bertz CT molecular complexity index is 842. The maximum Gasteiger partial charge on any atom is 0.419 e. The van der Waals surface area contributed by atoms with E-state index in [0.717, 1.165) is 12.5 Å². The lowest BCUT2D eigenvalue weighted by molar-refractivity contribution is -0.139. The molecule has 1 aliphatic heterocycles. The SMILES string of the molecule is Cc1cc(C(N)=O)nc(N2CC[C@@H](COc3ccccc3C(F)(F)F)C2)n1. The highest BCUT2D eigenvalue weighted by Gasteiger charge is 2.34. The fraction of sp³-hybridized carbons (Fsp3) is 0.389. The second-order valence-corrected chi connectivity index (χ2v) is 6.46. The Morgan fingerprint density at radius 2 is 2.07 bits per heavy atom. The molecule has 2 N–H and O–H groups in total. The molecule has 1 amide bonds. The molecule has 1 aliphatic rings. The number of amides is 1. The van der Waals surface area contributed by atoms with Crippen LogP contribution in [0.5, 0.6) is 5.75 Å². The summed E-state index contributed by atoms with van der Waals surface area (Å²) in [4.78, 5) is 21.7. The van der Waals surface area contributed by atoms with Gasteiger partial charge in [-0.2, -0.15) is 13.2 Å². The molecule has 9 heteroatoms. The minimum absolute atomic E-state index is 0.0208. The van der Waals surface area contributed by atoms with Gasteiger partial charge in [-0.25, -0.2) is 9.97 Å². The van der Waals surface area contributed by atoms with Crippen LogP contribution in [0.1, 0.15) is 28.2 Å². The Balaban J connectivity index is 1.66. The van der Waals surface area contributed by atoms with Gasteiger partial charge in [0.15, 0.2) is 0 Å². The van der Waals surface area contributed by atoms with E-state index >= 15 is 0 Å². The molecule has 2 aromatic rings.